The Morgan fingerprint density at radius 2 is 2.00 bits per heavy atom. The van der Waals surface area contributed by atoms with Gasteiger partial charge >= 0.3 is 0 Å². The number of hydrogen-bond donors (Lipinski definition) is 1. The highest BCUT2D eigenvalue weighted by molar-refractivity contribution is 5.82. The molecule has 1 unspecified atom stereocenters. The first kappa shape index (κ1) is 13.0. The normalized spacial score (nSPS) is 13.2. The summed E-state index contributed by atoms with van der Waals surface area (Å²) >= 11 is 0. The van der Waals surface area contributed by atoms with E-state index in [4.69, 9.17) is 10.5 Å². The van der Waals surface area contributed by atoms with Gasteiger partial charge in [-0.15, -0.1) is 0 Å². The number of benzene rings is 1. The highest BCUT2D eigenvalue weighted by Crippen LogP contribution is 2.20. The minimum absolute atomic E-state index is 0.171. The van der Waals surface area contributed by atoms with E-state index in [0.717, 1.165) is 11.2 Å². The summed E-state index contributed by atoms with van der Waals surface area (Å²) in [6.07, 6.45) is 0.192. The SMILES string of the molecule is Cc1cc(C(N)COC(C)C)nc2ccccc12. The second kappa shape index (κ2) is 5.46. The van der Waals surface area contributed by atoms with Crippen LogP contribution < -0.4 is 5.73 Å². The minimum Gasteiger partial charge on any atom is -0.377 e. The van der Waals surface area contributed by atoms with Crippen LogP contribution in [0.4, 0.5) is 0 Å². The zero-order valence-electron chi connectivity index (χ0n) is 11.2. The van der Waals surface area contributed by atoms with Crippen LogP contribution in [0.15, 0.2) is 30.3 Å². The van der Waals surface area contributed by atoms with E-state index in [-0.39, 0.29) is 12.1 Å². The third kappa shape index (κ3) is 2.86. The Morgan fingerprint density at radius 1 is 1.28 bits per heavy atom. The quantitative estimate of drug-likeness (QED) is 0.899. The first-order chi connectivity index (χ1) is 8.58. The molecule has 0 fully saturated rings. The van der Waals surface area contributed by atoms with Crippen LogP contribution in [-0.4, -0.2) is 17.7 Å². The summed E-state index contributed by atoms with van der Waals surface area (Å²) in [6.45, 7) is 6.60. The number of para-hydroxylation sites is 1. The van der Waals surface area contributed by atoms with Crippen molar-refractivity contribution in [1.82, 2.24) is 4.98 Å². The van der Waals surface area contributed by atoms with Gasteiger partial charge in [-0.1, -0.05) is 18.2 Å². The number of ether oxygens (including phenoxy) is 1. The van der Waals surface area contributed by atoms with Gasteiger partial charge in [0.2, 0.25) is 0 Å². The Balaban J connectivity index is 2.28. The fraction of sp³-hybridized carbons (Fsp3) is 0.400. The molecular formula is C15H20N2O. The Bertz CT molecular complexity index is 537. The predicted octanol–water partition coefficient (Wildman–Crippen LogP) is 2.97. The van der Waals surface area contributed by atoms with Crippen LogP contribution in [0.1, 0.15) is 31.1 Å². The van der Waals surface area contributed by atoms with Crippen LogP contribution in [0.5, 0.6) is 0 Å². The molecule has 1 atom stereocenters. The van der Waals surface area contributed by atoms with Gasteiger partial charge in [0.1, 0.15) is 0 Å². The van der Waals surface area contributed by atoms with Crippen LogP contribution in [-0.2, 0) is 4.74 Å². The fourth-order valence-electron chi connectivity index (χ4n) is 1.95. The molecule has 3 nitrogen and oxygen atoms in total. The van der Waals surface area contributed by atoms with Crippen LogP contribution in [0.3, 0.4) is 0 Å². The van der Waals surface area contributed by atoms with Gasteiger partial charge in [-0.05, 0) is 38.5 Å². The van der Waals surface area contributed by atoms with Crippen molar-refractivity contribution in [3.8, 4) is 0 Å². The molecule has 0 aliphatic heterocycles. The molecule has 1 aromatic heterocycles. The second-order valence-corrected chi connectivity index (χ2v) is 4.87. The van der Waals surface area contributed by atoms with E-state index in [1.54, 1.807) is 0 Å². The molecule has 2 rings (SSSR count). The first-order valence-corrected chi connectivity index (χ1v) is 6.31. The standard InChI is InChI=1S/C15H20N2O/c1-10(2)18-9-13(16)15-8-11(3)12-6-4-5-7-14(12)17-15/h4-8,10,13H,9,16H2,1-3H3. The van der Waals surface area contributed by atoms with E-state index in [2.05, 4.69) is 24.0 Å². The smallest absolute Gasteiger partial charge is 0.0708 e. The summed E-state index contributed by atoms with van der Waals surface area (Å²) in [5.74, 6) is 0. The van der Waals surface area contributed by atoms with Crippen LogP contribution in [0.25, 0.3) is 10.9 Å². The summed E-state index contributed by atoms with van der Waals surface area (Å²) in [4.78, 5) is 4.61. The van der Waals surface area contributed by atoms with Gasteiger partial charge in [-0.2, -0.15) is 0 Å². The van der Waals surface area contributed by atoms with Gasteiger partial charge in [0, 0.05) is 5.39 Å². The number of pyridine rings is 1. The summed E-state index contributed by atoms with van der Waals surface area (Å²) in [6, 6.07) is 10.00. The van der Waals surface area contributed by atoms with Gasteiger partial charge in [-0.25, -0.2) is 0 Å². The lowest BCUT2D eigenvalue weighted by molar-refractivity contribution is 0.0677. The van der Waals surface area contributed by atoms with Crippen molar-refractivity contribution in [3.05, 3.63) is 41.6 Å². The van der Waals surface area contributed by atoms with Gasteiger partial charge in [0.05, 0.1) is 30.0 Å². The lowest BCUT2D eigenvalue weighted by Crippen LogP contribution is -2.20. The molecule has 18 heavy (non-hydrogen) atoms. The molecule has 0 aliphatic rings. The number of aryl methyl sites for hydroxylation is 1. The average Bonchev–Trinajstić information content (AvgIpc) is 2.36. The average molecular weight is 244 g/mol. The van der Waals surface area contributed by atoms with Crippen LogP contribution in [0, 0.1) is 6.92 Å². The van der Waals surface area contributed by atoms with Gasteiger partial charge in [0.25, 0.3) is 0 Å². The molecule has 0 spiro atoms. The molecule has 3 heteroatoms. The zero-order chi connectivity index (χ0) is 13.1. The molecular weight excluding hydrogens is 224 g/mol. The van der Waals surface area contributed by atoms with E-state index < -0.39 is 0 Å². The third-order valence-electron chi connectivity index (χ3n) is 2.93. The van der Waals surface area contributed by atoms with Gasteiger partial charge in [0.15, 0.2) is 0 Å². The lowest BCUT2D eigenvalue weighted by atomic mass is 10.1. The van der Waals surface area contributed by atoms with Crippen molar-refractivity contribution in [1.29, 1.82) is 0 Å². The molecule has 0 radical (unpaired) electrons. The number of fused-ring (bicyclic) bond motifs is 1. The third-order valence-corrected chi connectivity index (χ3v) is 2.93. The number of hydrogen-bond acceptors (Lipinski definition) is 3. The number of aromatic nitrogens is 1. The summed E-state index contributed by atoms with van der Waals surface area (Å²) < 4.78 is 5.54. The van der Waals surface area contributed by atoms with Crippen molar-refractivity contribution in [2.45, 2.75) is 32.9 Å². The molecule has 1 aromatic carbocycles. The van der Waals surface area contributed by atoms with E-state index in [9.17, 15) is 0 Å². The van der Waals surface area contributed by atoms with Crippen molar-refractivity contribution in [2.24, 2.45) is 5.73 Å². The fourth-order valence-corrected chi connectivity index (χ4v) is 1.95. The van der Waals surface area contributed by atoms with E-state index in [0.29, 0.717) is 6.61 Å². The van der Waals surface area contributed by atoms with Crippen LogP contribution in [0.2, 0.25) is 0 Å². The maximum atomic E-state index is 6.12. The highest BCUT2D eigenvalue weighted by atomic mass is 16.5. The topological polar surface area (TPSA) is 48.1 Å². The van der Waals surface area contributed by atoms with Crippen molar-refractivity contribution in [2.75, 3.05) is 6.61 Å². The lowest BCUT2D eigenvalue weighted by Gasteiger charge is -2.15. The van der Waals surface area contributed by atoms with Gasteiger partial charge in [-0.3, -0.25) is 4.98 Å². The van der Waals surface area contributed by atoms with E-state index in [1.165, 1.54) is 10.9 Å². The zero-order valence-corrected chi connectivity index (χ0v) is 11.2. The monoisotopic (exact) mass is 244 g/mol. The van der Waals surface area contributed by atoms with Crippen molar-refractivity contribution in [3.63, 3.8) is 0 Å². The molecule has 2 aromatic rings. The molecule has 0 aliphatic carbocycles. The number of nitrogens with zero attached hydrogens (tertiary/aromatic N) is 1. The second-order valence-electron chi connectivity index (χ2n) is 4.87. The van der Waals surface area contributed by atoms with Crippen molar-refractivity contribution >= 4 is 10.9 Å². The highest BCUT2D eigenvalue weighted by Gasteiger charge is 2.11. The van der Waals surface area contributed by atoms with Crippen LogP contribution >= 0.6 is 0 Å². The summed E-state index contributed by atoms with van der Waals surface area (Å²) in [5.41, 5.74) is 9.21. The maximum absolute atomic E-state index is 6.12. The number of rotatable bonds is 4. The Morgan fingerprint density at radius 3 is 2.72 bits per heavy atom. The Hall–Kier alpha value is -1.45. The molecule has 2 N–H and O–H groups in total. The van der Waals surface area contributed by atoms with Crippen molar-refractivity contribution < 1.29 is 4.74 Å². The largest absolute Gasteiger partial charge is 0.377 e. The first-order valence-electron chi connectivity index (χ1n) is 6.31. The van der Waals surface area contributed by atoms with Gasteiger partial charge < -0.3 is 10.5 Å². The number of nitrogens with two attached hydrogens (primary N) is 1. The molecule has 96 valence electrons. The molecule has 0 saturated heterocycles. The maximum Gasteiger partial charge on any atom is 0.0708 e. The van der Waals surface area contributed by atoms with E-state index in [1.807, 2.05) is 32.0 Å². The summed E-state index contributed by atoms with van der Waals surface area (Å²) in [5, 5.41) is 1.18. The molecule has 0 amide bonds. The minimum atomic E-state index is -0.171. The molecule has 0 saturated carbocycles. The summed E-state index contributed by atoms with van der Waals surface area (Å²) in [7, 11) is 0. The molecule has 0 bridgehead atoms. The molecule has 1 heterocycles. The Labute approximate surface area is 108 Å². The Kier molecular flexibility index (Phi) is 3.94. The van der Waals surface area contributed by atoms with E-state index >= 15 is 0 Å². The predicted molar refractivity (Wildman–Crippen MR) is 74.5 cm³/mol.